The molecule has 5 heteroatoms. The van der Waals surface area contributed by atoms with Gasteiger partial charge in [0.25, 0.3) is 0 Å². The summed E-state index contributed by atoms with van der Waals surface area (Å²) in [6, 6.07) is 4.53. The number of benzene rings is 1. The number of hydrogen-bond donors (Lipinski definition) is 3. The van der Waals surface area contributed by atoms with Crippen molar-refractivity contribution in [2.45, 2.75) is 33.2 Å². The van der Waals surface area contributed by atoms with Gasteiger partial charge in [0.1, 0.15) is 0 Å². The molecule has 98 valence electrons. The highest BCUT2D eigenvalue weighted by Crippen LogP contribution is 2.17. The number of aromatic carboxylic acids is 1. The first kappa shape index (κ1) is 14.0. The molecule has 0 bridgehead atoms. The van der Waals surface area contributed by atoms with Crippen LogP contribution in [0.5, 0.6) is 0 Å². The maximum atomic E-state index is 11.6. The van der Waals surface area contributed by atoms with E-state index < -0.39 is 12.0 Å². The average molecular weight is 250 g/mol. The third-order valence-electron chi connectivity index (χ3n) is 2.64. The van der Waals surface area contributed by atoms with Crippen LogP contribution in [-0.4, -0.2) is 23.1 Å². The molecule has 0 radical (unpaired) electrons. The lowest BCUT2D eigenvalue weighted by molar-refractivity contribution is 0.0698. The highest BCUT2D eigenvalue weighted by molar-refractivity contribution is 6.00. The molecule has 0 saturated carbocycles. The number of carboxylic acids is 1. The molecule has 0 aliphatic heterocycles. The van der Waals surface area contributed by atoms with Gasteiger partial charge in [0.15, 0.2) is 0 Å². The molecule has 0 spiro atoms. The van der Waals surface area contributed by atoms with E-state index in [1.807, 2.05) is 13.8 Å². The molecular weight excluding hydrogens is 232 g/mol. The fourth-order valence-electron chi connectivity index (χ4n) is 1.43. The molecule has 5 nitrogen and oxygen atoms in total. The molecule has 2 amide bonds. The van der Waals surface area contributed by atoms with Crippen molar-refractivity contribution in [1.82, 2.24) is 5.32 Å². The van der Waals surface area contributed by atoms with Gasteiger partial charge < -0.3 is 15.7 Å². The van der Waals surface area contributed by atoms with Crippen LogP contribution in [0.25, 0.3) is 0 Å². The lowest BCUT2D eigenvalue weighted by Crippen LogP contribution is -2.36. The Morgan fingerprint density at radius 3 is 2.61 bits per heavy atom. The fraction of sp³-hybridized carbons (Fsp3) is 0.385. The molecule has 1 unspecified atom stereocenters. The highest BCUT2D eigenvalue weighted by Gasteiger charge is 2.13. The number of amides is 2. The monoisotopic (exact) mass is 250 g/mol. The second-order valence-electron chi connectivity index (χ2n) is 4.26. The summed E-state index contributed by atoms with van der Waals surface area (Å²) in [6.07, 6.45) is 0.813. The van der Waals surface area contributed by atoms with E-state index >= 15 is 0 Å². The minimum Gasteiger partial charge on any atom is -0.478 e. The molecule has 1 atom stereocenters. The molecule has 1 aromatic carbocycles. The SMILES string of the molecule is CCC(C)NC(=O)Nc1ccc(C)cc1C(=O)O. The van der Waals surface area contributed by atoms with Gasteiger partial charge in [0.05, 0.1) is 11.3 Å². The van der Waals surface area contributed by atoms with Gasteiger partial charge in [-0.05, 0) is 32.4 Å². The van der Waals surface area contributed by atoms with Crippen molar-refractivity contribution in [3.8, 4) is 0 Å². The van der Waals surface area contributed by atoms with Crippen LogP contribution in [-0.2, 0) is 0 Å². The van der Waals surface area contributed by atoms with Gasteiger partial charge >= 0.3 is 12.0 Å². The van der Waals surface area contributed by atoms with Gasteiger partial charge in [-0.2, -0.15) is 0 Å². The first-order chi connectivity index (χ1) is 8.43. The topological polar surface area (TPSA) is 78.4 Å². The van der Waals surface area contributed by atoms with E-state index in [0.717, 1.165) is 12.0 Å². The number of nitrogens with one attached hydrogen (secondary N) is 2. The van der Waals surface area contributed by atoms with Crippen LogP contribution >= 0.6 is 0 Å². The first-order valence-electron chi connectivity index (χ1n) is 5.85. The molecule has 0 heterocycles. The Morgan fingerprint density at radius 2 is 2.06 bits per heavy atom. The van der Waals surface area contributed by atoms with Crippen LogP contribution in [0.2, 0.25) is 0 Å². The van der Waals surface area contributed by atoms with Crippen LogP contribution in [0.3, 0.4) is 0 Å². The molecule has 1 aromatic rings. The minimum absolute atomic E-state index is 0.0451. The fourth-order valence-corrected chi connectivity index (χ4v) is 1.43. The molecule has 0 aliphatic carbocycles. The quantitative estimate of drug-likeness (QED) is 0.768. The van der Waals surface area contributed by atoms with E-state index in [1.54, 1.807) is 19.1 Å². The van der Waals surface area contributed by atoms with Crippen molar-refractivity contribution < 1.29 is 14.7 Å². The third-order valence-corrected chi connectivity index (χ3v) is 2.64. The normalized spacial score (nSPS) is 11.7. The molecule has 0 aliphatic rings. The Morgan fingerprint density at radius 1 is 1.39 bits per heavy atom. The zero-order valence-corrected chi connectivity index (χ0v) is 10.8. The van der Waals surface area contributed by atoms with Crippen LogP contribution in [0, 0.1) is 6.92 Å². The van der Waals surface area contributed by atoms with Crippen molar-refractivity contribution in [3.63, 3.8) is 0 Å². The standard InChI is InChI=1S/C13H18N2O3/c1-4-9(3)14-13(18)15-11-6-5-8(2)7-10(11)12(16)17/h5-7,9H,4H2,1-3H3,(H,16,17)(H2,14,15,18). The number of carboxylic acid groups (broad SMARTS) is 1. The molecular formula is C13H18N2O3. The van der Waals surface area contributed by atoms with Gasteiger partial charge in [-0.25, -0.2) is 9.59 Å². The second-order valence-corrected chi connectivity index (χ2v) is 4.26. The van der Waals surface area contributed by atoms with E-state index in [2.05, 4.69) is 10.6 Å². The lowest BCUT2D eigenvalue weighted by Gasteiger charge is -2.14. The Hall–Kier alpha value is -2.04. The number of aryl methyl sites for hydroxylation is 1. The van der Waals surface area contributed by atoms with Crippen molar-refractivity contribution in [2.75, 3.05) is 5.32 Å². The second kappa shape index (κ2) is 6.05. The van der Waals surface area contributed by atoms with Crippen molar-refractivity contribution >= 4 is 17.7 Å². The number of rotatable bonds is 4. The summed E-state index contributed by atoms with van der Waals surface area (Å²) in [5.74, 6) is -1.06. The van der Waals surface area contributed by atoms with Gasteiger partial charge in [0, 0.05) is 6.04 Å². The average Bonchev–Trinajstić information content (AvgIpc) is 2.30. The largest absolute Gasteiger partial charge is 0.478 e. The third kappa shape index (κ3) is 3.76. The van der Waals surface area contributed by atoms with E-state index in [9.17, 15) is 9.59 Å². The summed E-state index contributed by atoms with van der Waals surface area (Å²) < 4.78 is 0. The zero-order valence-electron chi connectivity index (χ0n) is 10.8. The lowest BCUT2D eigenvalue weighted by atomic mass is 10.1. The molecule has 0 saturated heterocycles. The summed E-state index contributed by atoms with van der Waals surface area (Å²) in [5, 5.41) is 14.3. The number of anilines is 1. The summed E-state index contributed by atoms with van der Waals surface area (Å²) in [5.41, 5.74) is 1.23. The van der Waals surface area contributed by atoms with E-state index in [0.29, 0.717) is 5.69 Å². The number of urea groups is 1. The first-order valence-corrected chi connectivity index (χ1v) is 5.85. The Kier molecular flexibility index (Phi) is 4.71. The Bertz CT molecular complexity index is 458. The Labute approximate surface area is 106 Å². The van der Waals surface area contributed by atoms with Crippen LogP contribution in [0.15, 0.2) is 18.2 Å². The number of carbonyl (C=O) groups excluding carboxylic acids is 1. The van der Waals surface area contributed by atoms with Gasteiger partial charge in [-0.3, -0.25) is 0 Å². The maximum absolute atomic E-state index is 11.6. The highest BCUT2D eigenvalue weighted by atomic mass is 16.4. The van der Waals surface area contributed by atoms with Crippen LogP contribution in [0.4, 0.5) is 10.5 Å². The summed E-state index contributed by atoms with van der Waals surface area (Å²) in [4.78, 5) is 22.7. The van der Waals surface area contributed by atoms with E-state index in [4.69, 9.17) is 5.11 Å². The molecule has 18 heavy (non-hydrogen) atoms. The maximum Gasteiger partial charge on any atom is 0.337 e. The van der Waals surface area contributed by atoms with Gasteiger partial charge in [-0.15, -0.1) is 0 Å². The summed E-state index contributed by atoms with van der Waals surface area (Å²) in [7, 11) is 0. The van der Waals surface area contributed by atoms with Gasteiger partial charge in [0.2, 0.25) is 0 Å². The van der Waals surface area contributed by atoms with Crippen molar-refractivity contribution in [1.29, 1.82) is 0 Å². The smallest absolute Gasteiger partial charge is 0.337 e. The molecule has 0 fully saturated rings. The number of hydrogen-bond acceptors (Lipinski definition) is 2. The van der Waals surface area contributed by atoms with Gasteiger partial charge in [-0.1, -0.05) is 18.6 Å². The Balaban J connectivity index is 2.84. The molecule has 1 rings (SSSR count). The van der Waals surface area contributed by atoms with Crippen molar-refractivity contribution in [3.05, 3.63) is 29.3 Å². The zero-order chi connectivity index (χ0) is 13.7. The van der Waals surface area contributed by atoms with Crippen LogP contribution in [0.1, 0.15) is 36.2 Å². The predicted octanol–water partition coefficient (Wildman–Crippen LogP) is 2.61. The van der Waals surface area contributed by atoms with E-state index in [1.165, 1.54) is 6.07 Å². The molecule has 0 aromatic heterocycles. The number of carbonyl (C=O) groups is 2. The van der Waals surface area contributed by atoms with Crippen LogP contribution < -0.4 is 10.6 Å². The minimum atomic E-state index is -1.06. The summed E-state index contributed by atoms with van der Waals surface area (Å²) >= 11 is 0. The van der Waals surface area contributed by atoms with Crippen molar-refractivity contribution in [2.24, 2.45) is 0 Å². The van der Waals surface area contributed by atoms with E-state index in [-0.39, 0.29) is 11.6 Å². The predicted molar refractivity (Wildman–Crippen MR) is 70.0 cm³/mol. The molecule has 3 N–H and O–H groups in total. The summed E-state index contributed by atoms with van der Waals surface area (Å²) in [6.45, 7) is 5.64.